The quantitative estimate of drug-likeness (QED) is 0.395. The number of para-hydroxylation sites is 2. The summed E-state index contributed by atoms with van der Waals surface area (Å²) in [6, 6.07) is 20.6. The van der Waals surface area contributed by atoms with Crippen molar-refractivity contribution >= 4 is 34.8 Å². The Labute approximate surface area is 201 Å². The van der Waals surface area contributed by atoms with Gasteiger partial charge in [0.25, 0.3) is 11.8 Å². The number of nitrogens with one attached hydrogen (secondary N) is 1. The molecule has 0 fully saturated rings. The normalized spacial score (nSPS) is 12.5. The Balaban J connectivity index is 1.41. The molecule has 0 unspecified atom stereocenters. The van der Waals surface area contributed by atoms with E-state index in [0.29, 0.717) is 35.3 Å². The van der Waals surface area contributed by atoms with Crippen LogP contribution in [0.2, 0.25) is 5.02 Å². The van der Waals surface area contributed by atoms with Gasteiger partial charge in [0.1, 0.15) is 5.82 Å². The largest absolute Gasteiger partial charge is 0.321 e. The fraction of sp³-hybridized carbons (Fsp3) is 0.111. The third kappa shape index (κ3) is 3.97. The summed E-state index contributed by atoms with van der Waals surface area (Å²) in [7, 11) is 0. The van der Waals surface area contributed by atoms with E-state index >= 15 is 0 Å². The van der Waals surface area contributed by atoms with Crippen molar-refractivity contribution in [2.75, 3.05) is 16.8 Å². The van der Waals surface area contributed by atoms with Gasteiger partial charge in [0, 0.05) is 36.0 Å². The Bertz CT molecular complexity index is 1430. The van der Waals surface area contributed by atoms with Crippen molar-refractivity contribution in [2.24, 2.45) is 0 Å². The molecule has 7 heteroatoms. The predicted molar refractivity (Wildman–Crippen MR) is 132 cm³/mol. The molecule has 3 aromatic carbocycles. The highest BCUT2D eigenvalue weighted by atomic mass is 35.5. The highest BCUT2D eigenvalue weighted by Crippen LogP contribution is 2.32. The van der Waals surface area contributed by atoms with Crippen LogP contribution in [0.5, 0.6) is 0 Å². The van der Waals surface area contributed by atoms with Crippen LogP contribution in [0.15, 0.2) is 79.0 Å². The number of nitrogens with zero attached hydrogens (tertiary/aromatic N) is 2. The topological polar surface area (TPSA) is 54.3 Å². The van der Waals surface area contributed by atoms with Crippen LogP contribution in [-0.2, 0) is 6.42 Å². The number of rotatable bonds is 3. The van der Waals surface area contributed by atoms with Crippen LogP contribution < -0.4 is 10.2 Å². The summed E-state index contributed by atoms with van der Waals surface area (Å²) < 4.78 is 15.5. The second-order valence-corrected chi connectivity index (χ2v) is 8.58. The highest BCUT2D eigenvalue weighted by molar-refractivity contribution is 6.34. The number of fused-ring (bicyclic) bond motifs is 3. The molecule has 170 valence electrons. The van der Waals surface area contributed by atoms with Gasteiger partial charge in [-0.05, 0) is 73.2 Å². The Morgan fingerprint density at radius 2 is 1.76 bits per heavy atom. The van der Waals surface area contributed by atoms with Crippen LogP contribution in [0.1, 0.15) is 32.0 Å². The molecular weight excluding hydrogens is 453 g/mol. The van der Waals surface area contributed by atoms with E-state index in [1.54, 1.807) is 30.0 Å². The predicted octanol–water partition coefficient (Wildman–Crippen LogP) is 6.03. The van der Waals surface area contributed by atoms with E-state index < -0.39 is 11.7 Å². The lowest BCUT2D eigenvalue weighted by atomic mass is 10.1. The van der Waals surface area contributed by atoms with Gasteiger partial charge in [0.2, 0.25) is 0 Å². The van der Waals surface area contributed by atoms with Crippen molar-refractivity contribution in [1.82, 2.24) is 4.57 Å². The third-order valence-electron chi connectivity index (χ3n) is 6.00. The van der Waals surface area contributed by atoms with Crippen LogP contribution in [0, 0.1) is 12.7 Å². The zero-order valence-electron chi connectivity index (χ0n) is 18.4. The number of aromatic nitrogens is 1. The minimum atomic E-state index is -0.405. The fourth-order valence-corrected chi connectivity index (χ4v) is 4.51. The third-order valence-corrected chi connectivity index (χ3v) is 6.31. The summed E-state index contributed by atoms with van der Waals surface area (Å²) in [5.41, 5.74) is 4.56. The Hall–Kier alpha value is -3.90. The average molecular weight is 474 g/mol. The molecule has 2 heterocycles. The van der Waals surface area contributed by atoms with E-state index in [1.807, 2.05) is 36.5 Å². The van der Waals surface area contributed by atoms with Crippen LogP contribution in [0.3, 0.4) is 0 Å². The van der Waals surface area contributed by atoms with Crippen LogP contribution >= 0.6 is 11.6 Å². The minimum absolute atomic E-state index is 0.174. The van der Waals surface area contributed by atoms with Crippen molar-refractivity contribution < 1.29 is 14.0 Å². The summed E-state index contributed by atoms with van der Waals surface area (Å²) in [6.45, 7) is 2.19. The molecule has 1 N–H and O–H groups in total. The number of anilines is 2. The number of aryl methyl sites for hydroxylation is 1. The standard InChI is InChI=1S/C27H21ClFN3O2/c1-17-15-19(29)9-10-21(17)26(33)30-23-11-8-18(16-22(23)28)27(34)32-14-12-20-5-4-13-31(20)24-6-2-3-7-25(24)32/h2-11,13,15-16H,12,14H2,1H3,(H,30,33). The van der Waals surface area contributed by atoms with Crippen molar-refractivity contribution in [3.63, 3.8) is 0 Å². The van der Waals surface area contributed by atoms with Gasteiger partial charge in [0.15, 0.2) is 0 Å². The van der Waals surface area contributed by atoms with E-state index in [9.17, 15) is 14.0 Å². The van der Waals surface area contributed by atoms with Crippen LogP contribution in [0.25, 0.3) is 5.69 Å². The summed E-state index contributed by atoms with van der Waals surface area (Å²) in [4.78, 5) is 27.9. The van der Waals surface area contributed by atoms with Gasteiger partial charge in [-0.25, -0.2) is 4.39 Å². The Morgan fingerprint density at radius 1 is 0.971 bits per heavy atom. The molecule has 1 aliphatic heterocycles. The summed E-state index contributed by atoms with van der Waals surface area (Å²) in [5, 5.41) is 2.99. The van der Waals surface area contributed by atoms with Gasteiger partial charge in [0.05, 0.1) is 22.1 Å². The molecule has 0 saturated heterocycles. The number of hydrogen-bond donors (Lipinski definition) is 1. The van der Waals surface area contributed by atoms with Gasteiger partial charge in [-0.2, -0.15) is 0 Å². The van der Waals surface area contributed by atoms with Crippen LogP contribution in [-0.4, -0.2) is 22.9 Å². The highest BCUT2D eigenvalue weighted by Gasteiger charge is 2.25. The lowest BCUT2D eigenvalue weighted by Crippen LogP contribution is -2.32. The van der Waals surface area contributed by atoms with Crippen LogP contribution in [0.4, 0.5) is 15.8 Å². The smallest absolute Gasteiger partial charge is 0.258 e. The lowest BCUT2D eigenvalue weighted by Gasteiger charge is -2.23. The maximum atomic E-state index is 13.5. The summed E-state index contributed by atoms with van der Waals surface area (Å²) in [6.07, 6.45) is 2.71. The summed E-state index contributed by atoms with van der Waals surface area (Å²) >= 11 is 6.45. The van der Waals surface area contributed by atoms with E-state index in [-0.39, 0.29) is 10.9 Å². The zero-order valence-corrected chi connectivity index (χ0v) is 19.1. The molecule has 0 aliphatic carbocycles. The second kappa shape index (κ2) is 8.80. The van der Waals surface area contributed by atoms with Crippen molar-refractivity contribution in [1.29, 1.82) is 0 Å². The fourth-order valence-electron chi connectivity index (χ4n) is 4.29. The van der Waals surface area contributed by atoms with E-state index in [0.717, 1.165) is 17.1 Å². The van der Waals surface area contributed by atoms with Gasteiger partial charge in [-0.3, -0.25) is 9.59 Å². The van der Waals surface area contributed by atoms with Crippen molar-refractivity contribution in [3.8, 4) is 5.69 Å². The molecule has 0 bridgehead atoms. The first-order valence-electron chi connectivity index (χ1n) is 10.9. The summed E-state index contributed by atoms with van der Waals surface area (Å²) in [5.74, 6) is -0.980. The van der Waals surface area contributed by atoms with Gasteiger partial charge < -0.3 is 14.8 Å². The molecule has 1 aromatic heterocycles. The second-order valence-electron chi connectivity index (χ2n) is 8.17. The number of halogens is 2. The molecule has 0 spiro atoms. The molecule has 2 amide bonds. The van der Waals surface area contributed by atoms with E-state index in [4.69, 9.17) is 11.6 Å². The average Bonchev–Trinajstić information content (AvgIpc) is 3.23. The number of amides is 2. The molecule has 1 aliphatic rings. The minimum Gasteiger partial charge on any atom is -0.321 e. The van der Waals surface area contributed by atoms with Gasteiger partial charge in [-0.1, -0.05) is 23.7 Å². The molecule has 0 atom stereocenters. The van der Waals surface area contributed by atoms with Gasteiger partial charge in [-0.15, -0.1) is 0 Å². The number of carbonyl (C=O) groups excluding carboxylic acids is 2. The van der Waals surface area contributed by atoms with E-state index in [1.165, 1.54) is 18.2 Å². The monoisotopic (exact) mass is 473 g/mol. The van der Waals surface area contributed by atoms with Crippen molar-refractivity contribution in [3.05, 3.63) is 112 Å². The Kier molecular flexibility index (Phi) is 5.67. The molecule has 5 rings (SSSR count). The first kappa shape index (κ1) is 21.9. The molecule has 4 aromatic rings. The molecule has 34 heavy (non-hydrogen) atoms. The number of carbonyl (C=O) groups is 2. The number of benzene rings is 3. The maximum absolute atomic E-state index is 13.5. The molecular formula is C27H21ClFN3O2. The first-order valence-corrected chi connectivity index (χ1v) is 11.2. The SMILES string of the molecule is Cc1cc(F)ccc1C(=O)Nc1ccc(C(=O)N2CCc3cccn3-c3ccccc32)cc1Cl. The maximum Gasteiger partial charge on any atom is 0.258 e. The van der Waals surface area contributed by atoms with Crippen molar-refractivity contribution in [2.45, 2.75) is 13.3 Å². The molecule has 0 radical (unpaired) electrons. The zero-order chi connectivity index (χ0) is 23.8. The molecule has 0 saturated carbocycles. The van der Waals surface area contributed by atoms with E-state index in [2.05, 4.69) is 16.0 Å². The van der Waals surface area contributed by atoms with Gasteiger partial charge >= 0.3 is 0 Å². The first-order chi connectivity index (χ1) is 16.4. The lowest BCUT2D eigenvalue weighted by molar-refractivity contribution is 0.0986. The molecule has 5 nitrogen and oxygen atoms in total. The number of hydrogen-bond acceptors (Lipinski definition) is 2. The Morgan fingerprint density at radius 3 is 2.53 bits per heavy atom.